The molecule has 2 unspecified atom stereocenters. The number of rotatable bonds is 2. The van der Waals surface area contributed by atoms with Gasteiger partial charge in [-0.2, -0.15) is 0 Å². The van der Waals surface area contributed by atoms with Crippen molar-refractivity contribution >= 4 is 17.5 Å². The van der Waals surface area contributed by atoms with Crippen LogP contribution in [0.3, 0.4) is 0 Å². The lowest BCUT2D eigenvalue weighted by Crippen LogP contribution is -2.44. The molecule has 18 heavy (non-hydrogen) atoms. The van der Waals surface area contributed by atoms with Gasteiger partial charge in [0.25, 0.3) is 0 Å². The molecule has 0 spiro atoms. The van der Waals surface area contributed by atoms with Gasteiger partial charge in [0, 0.05) is 18.5 Å². The molecule has 1 amide bonds. The first-order valence-corrected chi connectivity index (χ1v) is 6.66. The molecule has 0 aliphatic carbocycles. The van der Waals surface area contributed by atoms with Gasteiger partial charge in [-0.1, -0.05) is 19.1 Å². The number of carbonyl (C=O) groups is 1. The summed E-state index contributed by atoms with van der Waals surface area (Å²) in [5.41, 5.74) is 0.723. The fourth-order valence-corrected chi connectivity index (χ4v) is 2.45. The summed E-state index contributed by atoms with van der Waals surface area (Å²) in [4.78, 5) is 13.9. The van der Waals surface area contributed by atoms with Gasteiger partial charge in [-0.05, 0) is 30.0 Å². The monoisotopic (exact) mass is 269 g/mol. The maximum Gasteiger partial charge on any atom is 0.227 e. The Balaban J connectivity index is 1.96. The molecule has 1 aromatic carbocycles. The Labute approximate surface area is 112 Å². The first-order chi connectivity index (χ1) is 8.56. The van der Waals surface area contributed by atoms with Crippen LogP contribution in [-0.4, -0.2) is 29.3 Å². The Bertz CT molecular complexity index is 438. The van der Waals surface area contributed by atoms with E-state index in [-0.39, 0.29) is 23.5 Å². The van der Waals surface area contributed by atoms with Crippen molar-refractivity contribution in [3.63, 3.8) is 0 Å². The maximum atomic E-state index is 13.0. The molecular weight excluding hydrogens is 253 g/mol. The first kappa shape index (κ1) is 13.3. The Morgan fingerprint density at radius 3 is 3.00 bits per heavy atom. The summed E-state index contributed by atoms with van der Waals surface area (Å²) in [6.45, 7) is 3.45. The molecule has 0 radical (unpaired) electrons. The quantitative estimate of drug-likeness (QED) is 0.756. The van der Waals surface area contributed by atoms with Gasteiger partial charge < -0.3 is 4.90 Å². The molecule has 1 saturated heterocycles. The van der Waals surface area contributed by atoms with Crippen LogP contribution in [0.1, 0.15) is 18.9 Å². The highest BCUT2D eigenvalue weighted by molar-refractivity contribution is 6.20. The summed E-state index contributed by atoms with van der Waals surface area (Å²) in [5, 5.41) is 0.156. The molecule has 0 N–H and O–H groups in total. The van der Waals surface area contributed by atoms with Crippen molar-refractivity contribution in [1.29, 1.82) is 0 Å². The average molecular weight is 270 g/mol. The van der Waals surface area contributed by atoms with E-state index in [0.29, 0.717) is 19.0 Å². The van der Waals surface area contributed by atoms with Crippen molar-refractivity contribution in [2.24, 2.45) is 5.92 Å². The van der Waals surface area contributed by atoms with E-state index < -0.39 is 0 Å². The molecule has 1 heterocycles. The number of likely N-dealkylation sites (tertiary alicyclic amines) is 1. The van der Waals surface area contributed by atoms with Crippen molar-refractivity contribution < 1.29 is 9.18 Å². The number of hydrogen-bond acceptors (Lipinski definition) is 1. The number of piperidine rings is 1. The number of benzene rings is 1. The summed E-state index contributed by atoms with van der Waals surface area (Å²) in [7, 11) is 0. The molecule has 2 nitrogen and oxygen atoms in total. The zero-order valence-electron chi connectivity index (χ0n) is 10.4. The Morgan fingerprint density at radius 1 is 1.56 bits per heavy atom. The first-order valence-electron chi connectivity index (χ1n) is 6.22. The van der Waals surface area contributed by atoms with Gasteiger partial charge in [0.1, 0.15) is 5.82 Å². The third-order valence-corrected chi connectivity index (χ3v) is 4.05. The van der Waals surface area contributed by atoms with Gasteiger partial charge in [0.2, 0.25) is 5.91 Å². The fourth-order valence-electron chi connectivity index (χ4n) is 2.28. The molecule has 1 fully saturated rings. The topological polar surface area (TPSA) is 20.3 Å². The smallest absolute Gasteiger partial charge is 0.227 e. The molecule has 0 bridgehead atoms. The number of amides is 1. The second-order valence-electron chi connectivity index (χ2n) is 4.93. The van der Waals surface area contributed by atoms with E-state index in [0.717, 1.165) is 12.0 Å². The van der Waals surface area contributed by atoms with E-state index in [1.54, 1.807) is 12.1 Å². The fraction of sp³-hybridized carbons (Fsp3) is 0.500. The van der Waals surface area contributed by atoms with E-state index >= 15 is 0 Å². The second kappa shape index (κ2) is 5.70. The predicted molar refractivity (Wildman–Crippen MR) is 70.1 cm³/mol. The highest BCUT2D eigenvalue weighted by Gasteiger charge is 2.27. The summed E-state index contributed by atoms with van der Waals surface area (Å²) >= 11 is 6.13. The summed E-state index contributed by atoms with van der Waals surface area (Å²) in [5.74, 6) is 0.0704. The molecule has 4 heteroatoms. The lowest BCUT2D eigenvalue weighted by Gasteiger charge is -2.34. The number of halogens is 2. The van der Waals surface area contributed by atoms with Crippen LogP contribution in [0.5, 0.6) is 0 Å². The zero-order valence-corrected chi connectivity index (χ0v) is 11.2. The summed E-state index contributed by atoms with van der Waals surface area (Å²) < 4.78 is 13.0. The van der Waals surface area contributed by atoms with Gasteiger partial charge in [-0.25, -0.2) is 4.39 Å². The maximum absolute atomic E-state index is 13.0. The van der Waals surface area contributed by atoms with Crippen LogP contribution in [0.4, 0.5) is 4.39 Å². The van der Waals surface area contributed by atoms with Gasteiger partial charge in [-0.15, -0.1) is 11.6 Å². The minimum absolute atomic E-state index is 0.0519. The molecule has 1 aliphatic rings. The highest BCUT2D eigenvalue weighted by Crippen LogP contribution is 2.22. The van der Waals surface area contributed by atoms with E-state index in [2.05, 4.69) is 6.92 Å². The molecule has 0 saturated carbocycles. The molecule has 2 atom stereocenters. The lowest BCUT2D eigenvalue weighted by molar-refractivity contribution is -0.132. The Kier molecular flexibility index (Phi) is 4.23. The van der Waals surface area contributed by atoms with Gasteiger partial charge in [0.05, 0.1) is 6.42 Å². The van der Waals surface area contributed by atoms with Crippen LogP contribution in [0.2, 0.25) is 0 Å². The minimum atomic E-state index is -0.298. The zero-order chi connectivity index (χ0) is 13.1. The second-order valence-corrected chi connectivity index (χ2v) is 5.49. The van der Waals surface area contributed by atoms with Gasteiger partial charge >= 0.3 is 0 Å². The Morgan fingerprint density at radius 2 is 2.33 bits per heavy atom. The van der Waals surface area contributed by atoms with E-state index in [4.69, 9.17) is 11.6 Å². The summed E-state index contributed by atoms with van der Waals surface area (Å²) in [6.07, 6.45) is 1.09. The molecule has 98 valence electrons. The molecule has 1 aliphatic heterocycles. The predicted octanol–water partition coefficient (Wildman–Crippen LogP) is 2.84. The number of hydrogen-bond donors (Lipinski definition) is 0. The molecular formula is C14H17ClFNO. The van der Waals surface area contributed by atoms with E-state index in [1.165, 1.54) is 12.1 Å². The van der Waals surface area contributed by atoms with Crippen molar-refractivity contribution in [1.82, 2.24) is 4.90 Å². The third-order valence-electron chi connectivity index (χ3n) is 3.40. The lowest BCUT2D eigenvalue weighted by atomic mass is 9.99. The molecule has 1 aromatic rings. The van der Waals surface area contributed by atoms with Crippen LogP contribution in [0.15, 0.2) is 24.3 Å². The number of alkyl halides is 1. The van der Waals surface area contributed by atoms with Crippen molar-refractivity contribution in [2.45, 2.75) is 25.1 Å². The highest BCUT2D eigenvalue weighted by atomic mass is 35.5. The van der Waals surface area contributed by atoms with Crippen molar-refractivity contribution in [2.75, 3.05) is 13.1 Å². The van der Waals surface area contributed by atoms with Crippen LogP contribution < -0.4 is 0 Å². The average Bonchev–Trinajstić information content (AvgIpc) is 2.32. The molecule has 0 aromatic heterocycles. The molecule has 2 rings (SSSR count). The standard InChI is InChI=1S/C14H17ClFNO/c1-10-9-17(6-5-13(10)15)14(18)8-11-3-2-4-12(16)7-11/h2-4,7,10,13H,5-6,8-9H2,1H3. The van der Waals surface area contributed by atoms with Crippen molar-refractivity contribution in [3.05, 3.63) is 35.6 Å². The van der Waals surface area contributed by atoms with E-state index in [9.17, 15) is 9.18 Å². The van der Waals surface area contributed by atoms with Crippen LogP contribution >= 0.6 is 11.6 Å². The van der Waals surface area contributed by atoms with Crippen LogP contribution in [0, 0.1) is 11.7 Å². The van der Waals surface area contributed by atoms with Gasteiger partial charge in [0.15, 0.2) is 0 Å². The number of nitrogens with zero attached hydrogens (tertiary/aromatic N) is 1. The van der Waals surface area contributed by atoms with Crippen LogP contribution in [0.25, 0.3) is 0 Å². The van der Waals surface area contributed by atoms with Crippen LogP contribution in [-0.2, 0) is 11.2 Å². The van der Waals surface area contributed by atoms with Crippen molar-refractivity contribution in [3.8, 4) is 0 Å². The Hall–Kier alpha value is -1.09. The largest absolute Gasteiger partial charge is 0.342 e. The van der Waals surface area contributed by atoms with E-state index in [1.807, 2.05) is 4.90 Å². The minimum Gasteiger partial charge on any atom is -0.342 e. The van der Waals surface area contributed by atoms with Gasteiger partial charge in [-0.3, -0.25) is 4.79 Å². The third kappa shape index (κ3) is 3.22. The summed E-state index contributed by atoms with van der Waals surface area (Å²) in [6, 6.07) is 6.20. The number of carbonyl (C=O) groups excluding carboxylic acids is 1. The SMILES string of the molecule is CC1CN(C(=O)Cc2cccc(F)c2)CCC1Cl. The normalized spacial score (nSPS) is 24.1.